The van der Waals surface area contributed by atoms with Crippen molar-refractivity contribution in [3.8, 4) is 5.75 Å². The summed E-state index contributed by atoms with van der Waals surface area (Å²) in [4.78, 5) is 0. The summed E-state index contributed by atoms with van der Waals surface area (Å²) in [5.41, 5.74) is 2.15. The van der Waals surface area contributed by atoms with Gasteiger partial charge in [0.05, 0.1) is 6.54 Å². The Morgan fingerprint density at radius 1 is 1.08 bits per heavy atom. The summed E-state index contributed by atoms with van der Waals surface area (Å²) in [5.74, 6) is 0.920. The van der Waals surface area contributed by atoms with E-state index in [-0.39, 0.29) is 5.41 Å². The molecule has 2 aromatic carbocycles. The van der Waals surface area contributed by atoms with Gasteiger partial charge in [0, 0.05) is 10.7 Å². The smallest absolute Gasteiger partial charge is 0.170 e. The van der Waals surface area contributed by atoms with E-state index in [1.807, 2.05) is 42.5 Å². The van der Waals surface area contributed by atoms with Gasteiger partial charge in [-0.3, -0.25) is 0 Å². The number of hydrogen-bond donors (Lipinski definition) is 2. The molecule has 0 radical (unpaired) electrons. The van der Waals surface area contributed by atoms with E-state index in [0.717, 1.165) is 11.4 Å². The molecule has 0 aromatic heterocycles. The second-order valence-electron chi connectivity index (χ2n) is 6.48. The van der Waals surface area contributed by atoms with Gasteiger partial charge in [-0.15, -0.1) is 0 Å². The van der Waals surface area contributed by atoms with Gasteiger partial charge in [-0.1, -0.05) is 50.6 Å². The summed E-state index contributed by atoms with van der Waals surface area (Å²) in [6.45, 7) is 7.70. The summed E-state index contributed by atoms with van der Waals surface area (Å²) >= 11 is 11.1. The monoisotopic (exact) mass is 362 g/mol. The van der Waals surface area contributed by atoms with Gasteiger partial charge < -0.3 is 15.4 Å². The lowest BCUT2D eigenvalue weighted by Gasteiger charge is -2.22. The number of nitrogens with one attached hydrogen (secondary N) is 2. The lowest BCUT2D eigenvalue weighted by atomic mass is 9.86. The van der Waals surface area contributed by atoms with E-state index in [9.17, 15) is 0 Å². The number of rotatable bonds is 5. The predicted octanol–water partition coefficient (Wildman–Crippen LogP) is 5.00. The topological polar surface area (TPSA) is 33.3 Å². The fraction of sp³-hybridized carbons (Fsp3) is 0.316. The van der Waals surface area contributed by atoms with Crippen LogP contribution >= 0.6 is 23.8 Å². The van der Waals surface area contributed by atoms with Gasteiger partial charge in [0.2, 0.25) is 0 Å². The first-order valence-electron chi connectivity index (χ1n) is 7.89. The molecule has 128 valence electrons. The van der Waals surface area contributed by atoms with Crippen molar-refractivity contribution in [1.29, 1.82) is 0 Å². The van der Waals surface area contributed by atoms with Gasteiger partial charge in [-0.2, -0.15) is 0 Å². The molecule has 5 heteroatoms. The van der Waals surface area contributed by atoms with E-state index in [1.165, 1.54) is 5.56 Å². The molecule has 3 nitrogen and oxygen atoms in total. The molecule has 0 amide bonds. The SMILES string of the molecule is CC(C)(C)c1ccccc1OCCNC(=S)Nc1ccc(Cl)cc1. The maximum Gasteiger partial charge on any atom is 0.170 e. The molecule has 2 rings (SSSR count). The average molecular weight is 363 g/mol. The van der Waals surface area contributed by atoms with E-state index in [4.69, 9.17) is 28.6 Å². The molecule has 0 saturated heterocycles. The van der Waals surface area contributed by atoms with E-state index in [0.29, 0.717) is 23.3 Å². The van der Waals surface area contributed by atoms with Crippen molar-refractivity contribution >= 4 is 34.6 Å². The third-order valence-electron chi connectivity index (χ3n) is 3.44. The molecule has 0 aliphatic carbocycles. The maximum absolute atomic E-state index is 5.91. The molecule has 0 unspecified atom stereocenters. The van der Waals surface area contributed by atoms with Gasteiger partial charge in [-0.25, -0.2) is 0 Å². The fourth-order valence-electron chi connectivity index (χ4n) is 2.25. The second kappa shape index (κ2) is 8.36. The maximum atomic E-state index is 5.91. The number of hydrogen-bond acceptors (Lipinski definition) is 2. The Kier molecular flexibility index (Phi) is 6.46. The molecule has 2 N–H and O–H groups in total. The minimum absolute atomic E-state index is 0.0511. The van der Waals surface area contributed by atoms with Crippen molar-refractivity contribution in [2.24, 2.45) is 0 Å². The van der Waals surface area contributed by atoms with Crippen LogP contribution in [0.15, 0.2) is 48.5 Å². The van der Waals surface area contributed by atoms with Crippen LogP contribution in [-0.4, -0.2) is 18.3 Å². The number of anilines is 1. The van der Waals surface area contributed by atoms with Crippen LogP contribution in [0.1, 0.15) is 26.3 Å². The molecule has 0 saturated carbocycles. The number of ether oxygens (including phenoxy) is 1. The zero-order valence-corrected chi connectivity index (χ0v) is 15.8. The molecule has 0 fully saturated rings. The molecule has 0 aliphatic heterocycles. The van der Waals surface area contributed by atoms with Crippen LogP contribution in [0, 0.1) is 0 Å². The van der Waals surface area contributed by atoms with Gasteiger partial charge in [0.25, 0.3) is 0 Å². The highest BCUT2D eigenvalue weighted by Crippen LogP contribution is 2.30. The summed E-state index contributed by atoms with van der Waals surface area (Å²) in [6.07, 6.45) is 0. The average Bonchev–Trinajstić information content (AvgIpc) is 2.53. The quantitative estimate of drug-likeness (QED) is 0.579. The molecule has 0 bridgehead atoms. The minimum Gasteiger partial charge on any atom is -0.491 e. The Hall–Kier alpha value is -1.78. The van der Waals surface area contributed by atoms with Crippen molar-refractivity contribution in [2.45, 2.75) is 26.2 Å². The first kappa shape index (κ1) is 18.6. The standard InChI is InChI=1S/C19H23ClN2OS/c1-19(2,3)16-6-4-5-7-17(16)23-13-12-21-18(24)22-15-10-8-14(20)9-11-15/h4-11H,12-13H2,1-3H3,(H2,21,22,24). The Balaban J connectivity index is 1.79. The van der Waals surface area contributed by atoms with Gasteiger partial charge in [0.1, 0.15) is 12.4 Å². The largest absolute Gasteiger partial charge is 0.491 e. The van der Waals surface area contributed by atoms with Crippen LogP contribution in [0.2, 0.25) is 5.02 Å². The zero-order chi connectivity index (χ0) is 17.6. The Morgan fingerprint density at radius 3 is 2.42 bits per heavy atom. The third kappa shape index (κ3) is 5.69. The second-order valence-corrected chi connectivity index (χ2v) is 7.33. The summed E-state index contributed by atoms with van der Waals surface area (Å²) < 4.78 is 5.91. The first-order chi connectivity index (χ1) is 11.4. The number of para-hydroxylation sites is 1. The molecule has 0 spiro atoms. The van der Waals surface area contributed by atoms with Crippen molar-refractivity contribution in [3.05, 3.63) is 59.1 Å². The minimum atomic E-state index is 0.0511. The van der Waals surface area contributed by atoms with E-state index in [1.54, 1.807) is 0 Å². The van der Waals surface area contributed by atoms with Crippen LogP contribution < -0.4 is 15.4 Å². The van der Waals surface area contributed by atoms with Gasteiger partial charge in [-0.05, 0) is 53.5 Å². The Bertz CT molecular complexity index is 681. The number of benzene rings is 2. The molecule has 2 aromatic rings. The van der Waals surface area contributed by atoms with Crippen LogP contribution in [-0.2, 0) is 5.41 Å². The Morgan fingerprint density at radius 2 is 1.75 bits per heavy atom. The van der Waals surface area contributed by atoms with Gasteiger partial charge >= 0.3 is 0 Å². The predicted molar refractivity (Wildman–Crippen MR) is 106 cm³/mol. The van der Waals surface area contributed by atoms with Crippen LogP contribution in [0.3, 0.4) is 0 Å². The van der Waals surface area contributed by atoms with Crippen molar-refractivity contribution < 1.29 is 4.74 Å². The number of halogens is 1. The van der Waals surface area contributed by atoms with Crippen LogP contribution in [0.25, 0.3) is 0 Å². The molecular weight excluding hydrogens is 340 g/mol. The molecule has 0 aliphatic rings. The normalized spacial score (nSPS) is 11.0. The van der Waals surface area contributed by atoms with Gasteiger partial charge in [0.15, 0.2) is 5.11 Å². The van der Waals surface area contributed by atoms with Crippen LogP contribution in [0.5, 0.6) is 5.75 Å². The van der Waals surface area contributed by atoms with E-state index in [2.05, 4.69) is 37.5 Å². The summed E-state index contributed by atoms with van der Waals surface area (Å²) in [6, 6.07) is 15.5. The number of thiocarbonyl (C=S) groups is 1. The molecule has 0 atom stereocenters. The third-order valence-corrected chi connectivity index (χ3v) is 3.94. The lowest BCUT2D eigenvalue weighted by Crippen LogP contribution is -2.32. The van der Waals surface area contributed by atoms with Crippen molar-refractivity contribution in [2.75, 3.05) is 18.5 Å². The lowest BCUT2D eigenvalue weighted by molar-refractivity contribution is 0.313. The fourth-order valence-corrected chi connectivity index (χ4v) is 2.59. The highest BCUT2D eigenvalue weighted by molar-refractivity contribution is 7.80. The summed E-state index contributed by atoms with van der Waals surface area (Å²) in [5, 5.41) is 7.51. The highest BCUT2D eigenvalue weighted by atomic mass is 35.5. The Labute approximate surface area is 154 Å². The summed E-state index contributed by atoms with van der Waals surface area (Å²) in [7, 11) is 0. The molecule has 24 heavy (non-hydrogen) atoms. The van der Waals surface area contributed by atoms with Crippen LogP contribution in [0.4, 0.5) is 5.69 Å². The first-order valence-corrected chi connectivity index (χ1v) is 8.67. The molecular formula is C19H23ClN2OS. The van der Waals surface area contributed by atoms with Crippen molar-refractivity contribution in [3.63, 3.8) is 0 Å². The zero-order valence-electron chi connectivity index (χ0n) is 14.2. The molecule has 0 heterocycles. The highest BCUT2D eigenvalue weighted by Gasteiger charge is 2.18. The van der Waals surface area contributed by atoms with E-state index >= 15 is 0 Å². The van der Waals surface area contributed by atoms with Crippen molar-refractivity contribution in [1.82, 2.24) is 5.32 Å². The van der Waals surface area contributed by atoms with E-state index < -0.39 is 0 Å².